The van der Waals surface area contributed by atoms with Crippen LogP contribution in [0.1, 0.15) is 20.3 Å². The van der Waals surface area contributed by atoms with Crippen LogP contribution in [0.3, 0.4) is 0 Å². The van der Waals surface area contributed by atoms with Gasteiger partial charge in [0.25, 0.3) is 11.6 Å². The quantitative estimate of drug-likeness (QED) is 0.467. The number of nitrogens with zero attached hydrogens (tertiary/aromatic N) is 1. The van der Waals surface area contributed by atoms with Gasteiger partial charge in [0.05, 0.1) is 17.6 Å². The van der Waals surface area contributed by atoms with Crippen LogP contribution in [0.25, 0.3) is 0 Å². The third-order valence-corrected chi connectivity index (χ3v) is 2.40. The SMILES string of the molecule is CCOc1ccc(NC(=O)COC(=O)CC)c([N+](=O)[O-])c1. The van der Waals surface area contributed by atoms with Gasteiger partial charge in [-0.2, -0.15) is 0 Å². The standard InChI is InChI=1S/C13H16N2O6/c1-3-13(17)21-8-12(16)14-10-6-5-9(20-4-2)7-11(10)15(18)19/h5-7H,3-4,8H2,1-2H3,(H,14,16). The highest BCUT2D eigenvalue weighted by Crippen LogP contribution is 2.29. The number of hydrogen-bond donors (Lipinski definition) is 1. The van der Waals surface area contributed by atoms with Gasteiger partial charge in [0.1, 0.15) is 11.4 Å². The Morgan fingerprint density at radius 1 is 1.33 bits per heavy atom. The van der Waals surface area contributed by atoms with E-state index in [1.807, 2.05) is 0 Å². The summed E-state index contributed by atoms with van der Waals surface area (Å²) in [5.41, 5.74) is -0.280. The molecule has 1 amide bonds. The van der Waals surface area contributed by atoms with Crippen molar-refractivity contribution in [1.82, 2.24) is 0 Å². The maximum atomic E-state index is 11.6. The number of carbonyl (C=O) groups is 2. The summed E-state index contributed by atoms with van der Waals surface area (Å²) >= 11 is 0. The second-order valence-electron chi connectivity index (χ2n) is 3.93. The average Bonchev–Trinajstić information content (AvgIpc) is 2.46. The monoisotopic (exact) mass is 296 g/mol. The largest absolute Gasteiger partial charge is 0.494 e. The first-order chi connectivity index (χ1) is 9.97. The van der Waals surface area contributed by atoms with Crippen LogP contribution in [0.15, 0.2) is 18.2 Å². The van der Waals surface area contributed by atoms with E-state index in [-0.39, 0.29) is 17.8 Å². The number of amides is 1. The number of nitro benzene ring substituents is 1. The molecular weight excluding hydrogens is 280 g/mol. The van der Waals surface area contributed by atoms with Gasteiger partial charge in [-0.15, -0.1) is 0 Å². The molecule has 8 heteroatoms. The van der Waals surface area contributed by atoms with E-state index in [1.165, 1.54) is 18.2 Å². The van der Waals surface area contributed by atoms with Gasteiger partial charge in [0, 0.05) is 6.42 Å². The Morgan fingerprint density at radius 3 is 2.62 bits per heavy atom. The van der Waals surface area contributed by atoms with Crippen molar-refractivity contribution in [2.45, 2.75) is 20.3 Å². The van der Waals surface area contributed by atoms with Crippen molar-refractivity contribution in [2.24, 2.45) is 0 Å². The van der Waals surface area contributed by atoms with Gasteiger partial charge < -0.3 is 14.8 Å². The molecule has 0 fully saturated rings. The highest BCUT2D eigenvalue weighted by Gasteiger charge is 2.17. The lowest BCUT2D eigenvalue weighted by atomic mass is 10.2. The molecule has 1 aromatic carbocycles. The maximum absolute atomic E-state index is 11.6. The zero-order valence-corrected chi connectivity index (χ0v) is 11.8. The van der Waals surface area contributed by atoms with E-state index in [9.17, 15) is 19.7 Å². The van der Waals surface area contributed by atoms with Gasteiger partial charge in [-0.3, -0.25) is 19.7 Å². The van der Waals surface area contributed by atoms with Gasteiger partial charge in [0.2, 0.25) is 0 Å². The smallest absolute Gasteiger partial charge is 0.306 e. The first kappa shape index (κ1) is 16.4. The van der Waals surface area contributed by atoms with Gasteiger partial charge in [-0.1, -0.05) is 6.92 Å². The molecule has 0 saturated heterocycles. The summed E-state index contributed by atoms with van der Waals surface area (Å²) in [5, 5.41) is 13.3. The minimum absolute atomic E-state index is 0.0148. The molecule has 1 N–H and O–H groups in total. The van der Waals surface area contributed by atoms with E-state index in [1.54, 1.807) is 13.8 Å². The zero-order valence-electron chi connectivity index (χ0n) is 11.8. The lowest BCUT2D eigenvalue weighted by Gasteiger charge is -2.08. The first-order valence-corrected chi connectivity index (χ1v) is 6.34. The van der Waals surface area contributed by atoms with E-state index in [0.29, 0.717) is 12.4 Å². The van der Waals surface area contributed by atoms with Crippen LogP contribution in [0, 0.1) is 10.1 Å². The molecule has 0 heterocycles. The highest BCUT2D eigenvalue weighted by molar-refractivity contribution is 5.95. The van der Waals surface area contributed by atoms with E-state index < -0.39 is 23.4 Å². The molecule has 0 atom stereocenters. The molecule has 1 rings (SSSR count). The predicted octanol–water partition coefficient (Wildman–Crippen LogP) is 1.89. The molecular formula is C13H16N2O6. The highest BCUT2D eigenvalue weighted by atomic mass is 16.6. The molecule has 8 nitrogen and oxygen atoms in total. The third kappa shape index (κ3) is 5.09. The van der Waals surface area contributed by atoms with E-state index >= 15 is 0 Å². The Bertz CT molecular complexity index is 543. The van der Waals surface area contributed by atoms with Crippen molar-refractivity contribution in [3.63, 3.8) is 0 Å². The molecule has 1 aromatic rings. The summed E-state index contributed by atoms with van der Waals surface area (Å²) in [4.78, 5) is 32.9. The fourth-order valence-corrected chi connectivity index (χ4v) is 1.46. The van der Waals surface area contributed by atoms with Crippen molar-refractivity contribution < 1.29 is 24.0 Å². The van der Waals surface area contributed by atoms with Crippen molar-refractivity contribution in [2.75, 3.05) is 18.5 Å². The summed E-state index contributed by atoms with van der Waals surface area (Å²) in [6.07, 6.45) is 0.149. The molecule has 21 heavy (non-hydrogen) atoms. The van der Waals surface area contributed by atoms with E-state index in [0.717, 1.165) is 0 Å². The minimum Gasteiger partial charge on any atom is -0.494 e. The molecule has 0 saturated carbocycles. The van der Waals surface area contributed by atoms with Crippen LogP contribution >= 0.6 is 0 Å². The van der Waals surface area contributed by atoms with Gasteiger partial charge in [-0.25, -0.2) is 0 Å². The van der Waals surface area contributed by atoms with Crippen molar-refractivity contribution in [3.05, 3.63) is 28.3 Å². The van der Waals surface area contributed by atoms with Crippen LogP contribution in [-0.4, -0.2) is 30.0 Å². The minimum atomic E-state index is -0.649. The Hall–Kier alpha value is -2.64. The summed E-state index contributed by atoms with van der Waals surface area (Å²) in [5.74, 6) is -0.838. The van der Waals surface area contributed by atoms with Crippen molar-refractivity contribution in [3.8, 4) is 5.75 Å². The number of anilines is 1. The number of carbonyl (C=O) groups excluding carboxylic acids is 2. The molecule has 0 spiro atoms. The number of rotatable bonds is 7. The molecule has 0 aliphatic carbocycles. The molecule has 0 aliphatic rings. The van der Waals surface area contributed by atoms with Gasteiger partial charge in [0.15, 0.2) is 6.61 Å². The third-order valence-electron chi connectivity index (χ3n) is 2.40. The van der Waals surface area contributed by atoms with Crippen LogP contribution < -0.4 is 10.1 Å². The first-order valence-electron chi connectivity index (χ1n) is 6.34. The molecule has 0 aliphatic heterocycles. The number of ether oxygens (including phenoxy) is 2. The fraction of sp³-hybridized carbons (Fsp3) is 0.385. The average molecular weight is 296 g/mol. The topological polar surface area (TPSA) is 108 Å². The van der Waals surface area contributed by atoms with E-state index in [4.69, 9.17) is 4.74 Å². The second-order valence-corrected chi connectivity index (χ2v) is 3.93. The molecule has 114 valence electrons. The maximum Gasteiger partial charge on any atom is 0.306 e. The van der Waals surface area contributed by atoms with Gasteiger partial charge >= 0.3 is 5.97 Å². The van der Waals surface area contributed by atoms with Crippen LogP contribution in [0.5, 0.6) is 5.75 Å². The Labute approximate surface area is 121 Å². The lowest BCUT2D eigenvalue weighted by molar-refractivity contribution is -0.384. The number of esters is 1. The van der Waals surface area contributed by atoms with Gasteiger partial charge in [-0.05, 0) is 19.1 Å². The van der Waals surface area contributed by atoms with E-state index in [2.05, 4.69) is 10.1 Å². The predicted molar refractivity (Wildman–Crippen MR) is 74.1 cm³/mol. The van der Waals surface area contributed by atoms with Crippen molar-refractivity contribution in [1.29, 1.82) is 0 Å². The molecule has 0 unspecified atom stereocenters. The number of nitro groups is 1. The Balaban J connectivity index is 2.80. The second kappa shape index (κ2) is 7.83. The molecule has 0 bridgehead atoms. The fourth-order valence-electron chi connectivity index (χ4n) is 1.46. The van der Waals surface area contributed by atoms with Crippen molar-refractivity contribution >= 4 is 23.3 Å². The number of benzene rings is 1. The summed E-state index contributed by atoms with van der Waals surface area (Å²) < 4.78 is 9.81. The Kier molecular flexibility index (Phi) is 6.12. The van der Waals surface area contributed by atoms with Crippen LogP contribution in [0.4, 0.5) is 11.4 Å². The number of hydrogen-bond acceptors (Lipinski definition) is 6. The van der Waals surface area contributed by atoms with Crippen LogP contribution in [0.2, 0.25) is 0 Å². The summed E-state index contributed by atoms with van der Waals surface area (Å²) in [7, 11) is 0. The lowest BCUT2D eigenvalue weighted by Crippen LogP contribution is -2.21. The Morgan fingerprint density at radius 2 is 2.05 bits per heavy atom. The summed E-state index contributed by atoms with van der Waals surface area (Å²) in [6.45, 7) is 3.23. The summed E-state index contributed by atoms with van der Waals surface area (Å²) in [6, 6.07) is 4.09. The van der Waals surface area contributed by atoms with Crippen LogP contribution in [-0.2, 0) is 14.3 Å². The molecule has 0 aromatic heterocycles. The molecule has 0 radical (unpaired) electrons. The normalized spacial score (nSPS) is 9.81. The zero-order chi connectivity index (χ0) is 15.8. The number of nitrogens with one attached hydrogen (secondary N) is 1.